The molecule has 0 aromatic heterocycles. The van der Waals surface area contributed by atoms with Crippen LogP contribution in [-0.2, 0) is 20.2 Å². The van der Waals surface area contributed by atoms with Crippen LogP contribution in [0.15, 0.2) is 52.3 Å². The van der Waals surface area contributed by atoms with Gasteiger partial charge in [-0.3, -0.25) is 9.11 Å². The van der Waals surface area contributed by atoms with Crippen molar-refractivity contribution in [2.24, 2.45) is 0 Å². The first kappa shape index (κ1) is 17.2. The van der Waals surface area contributed by atoms with Crippen LogP contribution >= 0.6 is 0 Å². The molecule has 0 spiro atoms. The van der Waals surface area contributed by atoms with Crippen molar-refractivity contribution >= 4 is 38.1 Å². The number of nitrogens with two attached hydrogens (primary N) is 1. The first-order chi connectivity index (χ1) is 10.6. The minimum atomic E-state index is -4.50. The molecule has 122 valence electrons. The Morgan fingerprint density at radius 1 is 0.783 bits per heavy atom. The lowest BCUT2D eigenvalue weighted by atomic mass is 10.1. The smallest absolute Gasteiger partial charge is 0.295 e. The largest absolute Gasteiger partial charge is 0.399 e. The van der Waals surface area contributed by atoms with Crippen LogP contribution in [0.1, 0.15) is 11.1 Å². The Balaban J connectivity index is 2.56. The van der Waals surface area contributed by atoms with Crippen molar-refractivity contribution in [1.82, 2.24) is 0 Å². The summed E-state index contributed by atoms with van der Waals surface area (Å²) in [5, 5.41) is 0. The maximum Gasteiger partial charge on any atom is 0.295 e. The second kappa shape index (κ2) is 6.13. The van der Waals surface area contributed by atoms with Crippen LogP contribution in [0.2, 0.25) is 0 Å². The second-order valence-corrected chi connectivity index (χ2v) is 7.40. The summed E-state index contributed by atoms with van der Waals surface area (Å²) in [6, 6.07) is 9.53. The Labute approximate surface area is 133 Å². The van der Waals surface area contributed by atoms with Gasteiger partial charge in [-0.1, -0.05) is 36.4 Å². The van der Waals surface area contributed by atoms with Crippen molar-refractivity contribution in [3.8, 4) is 0 Å². The predicted molar refractivity (Wildman–Crippen MR) is 85.9 cm³/mol. The normalized spacial score (nSPS) is 12.6. The summed E-state index contributed by atoms with van der Waals surface area (Å²) in [7, 11) is -8.92. The van der Waals surface area contributed by atoms with E-state index in [1.54, 1.807) is 6.07 Å². The summed E-state index contributed by atoms with van der Waals surface area (Å²) in [5.74, 6) is 0. The molecule has 0 unspecified atom stereocenters. The van der Waals surface area contributed by atoms with Gasteiger partial charge in [0.15, 0.2) is 0 Å². The summed E-state index contributed by atoms with van der Waals surface area (Å²) in [5.41, 5.74) is 5.92. The highest BCUT2D eigenvalue weighted by Crippen LogP contribution is 2.23. The van der Waals surface area contributed by atoms with E-state index in [0.29, 0.717) is 0 Å². The maximum absolute atomic E-state index is 11.4. The first-order valence-corrected chi connectivity index (χ1v) is 9.08. The number of hydrogen-bond donors (Lipinski definition) is 3. The Bertz CT molecular complexity index is 978. The summed E-state index contributed by atoms with van der Waals surface area (Å²) < 4.78 is 63.8. The number of rotatable bonds is 4. The van der Waals surface area contributed by atoms with Gasteiger partial charge in [-0.15, -0.1) is 0 Å². The van der Waals surface area contributed by atoms with Crippen molar-refractivity contribution in [1.29, 1.82) is 0 Å². The highest BCUT2D eigenvalue weighted by molar-refractivity contribution is 7.86. The Morgan fingerprint density at radius 3 is 1.87 bits per heavy atom. The number of anilines is 1. The first-order valence-electron chi connectivity index (χ1n) is 6.20. The van der Waals surface area contributed by atoms with Crippen LogP contribution in [0.3, 0.4) is 0 Å². The Morgan fingerprint density at radius 2 is 1.30 bits per heavy atom. The van der Waals surface area contributed by atoms with Gasteiger partial charge in [-0.2, -0.15) is 16.8 Å². The molecule has 0 atom stereocenters. The third-order valence-electron chi connectivity index (χ3n) is 2.95. The molecule has 23 heavy (non-hydrogen) atoms. The summed E-state index contributed by atoms with van der Waals surface area (Å²) in [4.78, 5) is -0.724. The van der Waals surface area contributed by atoms with Crippen LogP contribution < -0.4 is 5.73 Å². The van der Waals surface area contributed by atoms with E-state index in [1.807, 2.05) is 0 Å². The van der Waals surface area contributed by atoms with Gasteiger partial charge in [0.05, 0.1) is 0 Å². The van der Waals surface area contributed by atoms with Gasteiger partial charge in [0.2, 0.25) is 0 Å². The highest BCUT2D eigenvalue weighted by Gasteiger charge is 2.15. The van der Waals surface area contributed by atoms with E-state index >= 15 is 0 Å². The average molecular weight is 355 g/mol. The molecule has 2 rings (SSSR count). The summed E-state index contributed by atoms with van der Waals surface area (Å²) >= 11 is 0. The molecule has 0 amide bonds. The SMILES string of the molecule is Nc1ccc(C=Cc2ccccc2S(=O)(=O)O)c(S(=O)(=O)O)c1. The van der Waals surface area contributed by atoms with E-state index in [2.05, 4.69) is 0 Å². The van der Waals surface area contributed by atoms with E-state index < -0.39 is 25.1 Å². The highest BCUT2D eigenvalue weighted by atomic mass is 32.2. The third kappa shape index (κ3) is 4.17. The molecular formula is C14H13NO6S2. The second-order valence-electron chi connectivity index (χ2n) is 4.62. The predicted octanol–water partition coefficient (Wildman–Crippen LogP) is 1.93. The van der Waals surface area contributed by atoms with Crippen molar-refractivity contribution in [2.45, 2.75) is 9.79 Å². The molecule has 0 saturated carbocycles. The summed E-state index contributed by atoms with van der Waals surface area (Å²) in [6.07, 6.45) is 2.61. The molecule has 0 aliphatic carbocycles. The van der Waals surface area contributed by atoms with Crippen molar-refractivity contribution in [3.63, 3.8) is 0 Å². The van der Waals surface area contributed by atoms with Gasteiger partial charge < -0.3 is 5.73 Å². The van der Waals surface area contributed by atoms with E-state index in [-0.39, 0.29) is 21.7 Å². The van der Waals surface area contributed by atoms with Gasteiger partial charge in [0, 0.05) is 5.69 Å². The van der Waals surface area contributed by atoms with Crippen LogP contribution in [-0.4, -0.2) is 25.9 Å². The minimum Gasteiger partial charge on any atom is -0.399 e. The molecule has 0 heterocycles. The van der Waals surface area contributed by atoms with Crippen LogP contribution in [0, 0.1) is 0 Å². The lowest BCUT2D eigenvalue weighted by molar-refractivity contribution is 0.480. The third-order valence-corrected chi connectivity index (χ3v) is 4.79. The van der Waals surface area contributed by atoms with Gasteiger partial charge >= 0.3 is 0 Å². The van der Waals surface area contributed by atoms with E-state index in [4.69, 9.17) is 5.73 Å². The summed E-state index contributed by atoms with van der Waals surface area (Å²) in [6.45, 7) is 0. The quantitative estimate of drug-likeness (QED) is 0.433. The van der Waals surface area contributed by atoms with Gasteiger partial charge in [-0.25, -0.2) is 0 Å². The van der Waals surface area contributed by atoms with Crippen LogP contribution in [0.4, 0.5) is 5.69 Å². The zero-order valence-electron chi connectivity index (χ0n) is 11.6. The molecule has 7 nitrogen and oxygen atoms in total. The lowest BCUT2D eigenvalue weighted by Crippen LogP contribution is -2.02. The maximum atomic E-state index is 11.4. The molecule has 9 heteroatoms. The molecule has 0 saturated heterocycles. The number of nitrogen functional groups attached to an aromatic ring is 1. The number of benzene rings is 2. The fourth-order valence-corrected chi connectivity index (χ4v) is 3.35. The molecule has 4 N–H and O–H groups in total. The molecule has 0 aliphatic heterocycles. The molecule has 0 radical (unpaired) electrons. The van der Waals surface area contributed by atoms with Crippen LogP contribution in [0.25, 0.3) is 12.2 Å². The van der Waals surface area contributed by atoms with E-state index in [0.717, 1.165) is 6.07 Å². The zero-order valence-corrected chi connectivity index (χ0v) is 13.3. The molecule has 2 aromatic rings. The fourth-order valence-electron chi connectivity index (χ4n) is 1.94. The molecule has 0 bridgehead atoms. The fraction of sp³-hybridized carbons (Fsp3) is 0. The molecule has 0 aliphatic rings. The van der Waals surface area contributed by atoms with Crippen molar-refractivity contribution in [2.75, 3.05) is 5.73 Å². The standard InChI is InChI=1S/C14H13NO6S2/c15-12-8-7-11(14(9-12)23(19,20)21)6-5-10-3-1-2-4-13(10)22(16,17)18/h1-9H,15H2,(H,16,17,18)(H,19,20,21). The van der Waals surface area contributed by atoms with Gasteiger partial charge in [0.1, 0.15) is 9.79 Å². The lowest BCUT2D eigenvalue weighted by Gasteiger charge is -2.05. The van der Waals surface area contributed by atoms with Gasteiger partial charge in [-0.05, 0) is 29.3 Å². The Kier molecular flexibility index (Phi) is 4.57. The van der Waals surface area contributed by atoms with Crippen molar-refractivity contribution < 1.29 is 25.9 Å². The van der Waals surface area contributed by atoms with Crippen molar-refractivity contribution in [3.05, 3.63) is 53.6 Å². The molecular weight excluding hydrogens is 342 g/mol. The molecule has 0 fully saturated rings. The topological polar surface area (TPSA) is 135 Å². The van der Waals surface area contributed by atoms with Gasteiger partial charge in [0.25, 0.3) is 20.2 Å². The average Bonchev–Trinajstić information content (AvgIpc) is 2.44. The zero-order chi connectivity index (χ0) is 17.3. The van der Waals surface area contributed by atoms with E-state index in [1.165, 1.54) is 42.5 Å². The molecule has 2 aromatic carbocycles. The van der Waals surface area contributed by atoms with E-state index in [9.17, 15) is 25.9 Å². The Hall–Kier alpha value is -2.20. The minimum absolute atomic E-state index is 0.117. The van der Waals surface area contributed by atoms with Crippen LogP contribution in [0.5, 0.6) is 0 Å². The monoisotopic (exact) mass is 355 g/mol. The number of hydrogen-bond acceptors (Lipinski definition) is 5.